The van der Waals surface area contributed by atoms with E-state index < -0.39 is 0 Å². The van der Waals surface area contributed by atoms with Crippen LogP contribution < -0.4 is 26.8 Å². The number of nitrogens with zero attached hydrogens (tertiary/aromatic N) is 3. The van der Waals surface area contributed by atoms with Crippen molar-refractivity contribution in [3.05, 3.63) is 152 Å². The maximum Gasteiger partial charge on any atom is 0.333 e. The Labute approximate surface area is 293 Å². The lowest BCUT2D eigenvalue weighted by Gasteiger charge is -2.47. The molecule has 0 saturated carbocycles. The molecule has 4 aliphatic heterocycles. The lowest BCUT2D eigenvalue weighted by Crippen LogP contribution is -2.64. The van der Waals surface area contributed by atoms with E-state index in [2.05, 4.69) is 166 Å². The molecule has 4 aliphatic rings. The van der Waals surface area contributed by atoms with Crippen molar-refractivity contribution >= 4 is 107 Å². The van der Waals surface area contributed by atoms with Gasteiger partial charge in [0.2, 0.25) is 0 Å². The molecule has 8 aromatic carbocycles. The number of rotatable bonds is 0. The summed E-state index contributed by atoms with van der Waals surface area (Å²) in [6, 6.07) is 57.6. The van der Waals surface area contributed by atoms with Gasteiger partial charge in [-0.3, -0.25) is 0 Å². The number of hydrogen-bond donors (Lipinski definition) is 0. The molecule has 0 spiro atoms. The summed E-state index contributed by atoms with van der Waals surface area (Å²) in [5.41, 5.74) is 20.1. The summed E-state index contributed by atoms with van der Waals surface area (Å²) in [5.74, 6) is 0. The Morgan fingerprint density at radius 1 is 0.373 bits per heavy atom. The molecule has 3 nitrogen and oxygen atoms in total. The second-order valence-corrected chi connectivity index (χ2v) is 14.7. The van der Waals surface area contributed by atoms with Crippen molar-refractivity contribution in [1.29, 1.82) is 0 Å². The van der Waals surface area contributed by atoms with Crippen LogP contribution in [-0.4, -0.2) is 22.7 Å². The second-order valence-electron chi connectivity index (χ2n) is 14.7. The Morgan fingerprint density at radius 2 is 0.863 bits per heavy atom. The highest BCUT2D eigenvalue weighted by atomic mass is 15.2. The Morgan fingerprint density at radius 3 is 1.51 bits per heavy atom. The number of fused-ring (bicyclic) bond motifs is 16. The molecule has 51 heavy (non-hydrogen) atoms. The largest absolute Gasteiger partial charge is 0.375 e. The quantitative estimate of drug-likeness (QED) is 0.152. The van der Waals surface area contributed by atoms with Crippen LogP contribution in [-0.2, 0) is 0 Å². The van der Waals surface area contributed by atoms with Gasteiger partial charge in [0.15, 0.2) is 0 Å². The van der Waals surface area contributed by atoms with Gasteiger partial charge in [-0.15, -0.1) is 0 Å². The molecule has 0 aliphatic carbocycles. The minimum atomic E-state index is 0.0200. The zero-order chi connectivity index (χ0) is 32.7. The fourth-order valence-corrected chi connectivity index (χ4v) is 10.9. The third-order valence-electron chi connectivity index (χ3n) is 12.6. The molecule has 0 amide bonds. The molecule has 0 unspecified atom stereocenters. The van der Waals surface area contributed by atoms with Crippen LogP contribution in [0.15, 0.2) is 152 Å². The summed E-state index contributed by atoms with van der Waals surface area (Å²) >= 11 is 0. The van der Waals surface area contributed by atoms with Crippen LogP contribution in [0, 0.1) is 0 Å². The second kappa shape index (κ2) is 8.46. The summed E-state index contributed by atoms with van der Waals surface area (Å²) in [6.45, 7) is 0.0526. The van der Waals surface area contributed by atoms with Gasteiger partial charge in [0.05, 0.1) is 0 Å². The first kappa shape index (κ1) is 25.5. The highest BCUT2D eigenvalue weighted by Gasteiger charge is 2.50. The standard InChI is InChI=1S/C46H25B2N3/c1-2-12-27-26(11-1)25-36-46-43(27)48-42-31(35-20-8-18-33-29-14-4-6-22-38(29)51(48)45(33)35)16-10-24-40(42)49(46)39-23-9-15-30-34-19-7-17-32-28-13-3-5-21-37(28)50(44(32)34)47(36)41(30)39/h1-25H. The molecular formula is C46H25B2N3. The Kier molecular flexibility index (Phi) is 4.23. The molecule has 10 aromatic rings. The molecule has 14 rings (SSSR count). The minimum Gasteiger partial charge on any atom is -0.375 e. The third-order valence-corrected chi connectivity index (χ3v) is 12.6. The maximum absolute atomic E-state index is 2.69. The lowest BCUT2D eigenvalue weighted by atomic mass is 9.39. The van der Waals surface area contributed by atoms with Gasteiger partial charge in [0.1, 0.15) is 0 Å². The van der Waals surface area contributed by atoms with E-state index in [0.717, 1.165) is 0 Å². The van der Waals surface area contributed by atoms with E-state index in [1.165, 1.54) is 116 Å². The van der Waals surface area contributed by atoms with Crippen molar-refractivity contribution in [1.82, 2.24) is 8.96 Å². The van der Waals surface area contributed by atoms with Crippen LogP contribution in [0.3, 0.4) is 0 Å². The van der Waals surface area contributed by atoms with Gasteiger partial charge < -0.3 is 13.9 Å². The Bertz CT molecular complexity index is 3280. The van der Waals surface area contributed by atoms with E-state index in [-0.39, 0.29) is 13.7 Å². The maximum atomic E-state index is 2.69. The van der Waals surface area contributed by atoms with Crippen LogP contribution in [0.5, 0.6) is 0 Å². The van der Waals surface area contributed by atoms with Gasteiger partial charge in [-0.2, -0.15) is 0 Å². The monoisotopic (exact) mass is 641 g/mol. The summed E-state index contributed by atoms with van der Waals surface area (Å²) < 4.78 is 5.37. The first-order chi connectivity index (χ1) is 25.4. The average molecular weight is 641 g/mol. The average Bonchev–Trinajstić information content (AvgIpc) is 3.71. The number of anilines is 3. The number of para-hydroxylation sites is 4. The van der Waals surface area contributed by atoms with E-state index in [9.17, 15) is 0 Å². The summed E-state index contributed by atoms with van der Waals surface area (Å²) in [5, 5.41) is 7.93. The Balaban J connectivity index is 1.23. The fraction of sp³-hybridized carbons (Fsp3) is 0. The van der Waals surface area contributed by atoms with E-state index in [1.54, 1.807) is 0 Å². The van der Waals surface area contributed by atoms with E-state index in [0.29, 0.717) is 0 Å². The first-order valence-electron chi connectivity index (χ1n) is 18.0. The molecule has 0 N–H and O–H groups in total. The van der Waals surface area contributed by atoms with Gasteiger partial charge in [-0.25, -0.2) is 0 Å². The number of aromatic nitrogens is 2. The molecule has 230 valence electrons. The topological polar surface area (TPSA) is 13.1 Å². The van der Waals surface area contributed by atoms with Crippen molar-refractivity contribution < 1.29 is 0 Å². The van der Waals surface area contributed by atoms with Gasteiger partial charge >= 0.3 is 13.7 Å². The lowest BCUT2D eigenvalue weighted by molar-refractivity contribution is 1.24. The zero-order valence-electron chi connectivity index (χ0n) is 27.4. The van der Waals surface area contributed by atoms with E-state index in [4.69, 9.17) is 0 Å². The van der Waals surface area contributed by atoms with Crippen molar-refractivity contribution in [2.45, 2.75) is 0 Å². The highest BCUT2D eigenvalue weighted by Crippen LogP contribution is 2.49. The minimum absolute atomic E-state index is 0.0200. The third kappa shape index (κ3) is 2.71. The van der Waals surface area contributed by atoms with Crippen LogP contribution in [0.25, 0.3) is 76.6 Å². The van der Waals surface area contributed by atoms with E-state index >= 15 is 0 Å². The molecule has 0 bridgehead atoms. The molecule has 6 heterocycles. The molecular weight excluding hydrogens is 616 g/mol. The smallest absolute Gasteiger partial charge is 0.333 e. The van der Waals surface area contributed by atoms with Gasteiger partial charge in [0.25, 0.3) is 0 Å². The normalized spacial score (nSPS) is 14.2. The molecule has 5 heteroatoms. The summed E-state index contributed by atoms with van der Waals surface area (Å²) in [6.07, 6.45) is 0. The predicted molar refractivity (Wildman–Crippen MR) is 216 cm³/mol. The van der Waals surface area contributed by atoms with Crippen molar-refractivity contribution in [3.63, 3.8) is 0 Å². The fourth-order valence-electron chi connectivity index (χ4n) is 10.9. The number of benzene rings is 8. The van der Waals surface area contributed by atoms with Crippen molar-refractivity contribution in [2.24, 2.45) is 0 Å². The van der Waals surface area contributed by atoms with Crippen LogP contribution in [0.2, 0.25) is 0 Å². The zero-order valence-corrected chi connectivity index (χ0v) is 27.4. The van der Waals surface area contributed by atoms with E-state index in [1.807, 2.05) is 0 Å². The van der Waals surface area contributed by atoms with Crippen molar-refractivity contribution in [2.75, 3.05) is 4.90 Å². The van der Waals surface area contributed by atoms with Gasteiger partial charge in [-0.1, -0.05) is 127 Å². The summed E-state index contributed by atoms with van der Waals surface area (Å²) in [7, 11) is 0. The summed E-state index contributed by atoms with van der Waals surface area (Å²) in [4.78, 5) is 2.65. The van der Waals surface area contributed by atoms with Crippen LogP contribution in [0.4, 0.5) is 17.1 Å². The van der Waals surface area contributed by atoms with Crippen LogP contribution in [0.1, 0.15) is 0 Å². The molecule has 0 fully saturated rings. The van der Waals surface area contributed by atoms with Gasteiger partial charge in [-0.05, 0) is 68.0 Å². The SMILES string of the molecule is c1cc2c3c(c1)N1c4cccc5c4B(c4c1c(cc1ccccc41)B3n1c3ccccc3c3cccc-2c31)n1c2ccccc2c2cccc-5c21. The Hall–Kier alpha value is -6.45. The van der Waals surface area contributed by atoms with Crippen molar-refractivity contribution in [3.8, 4) is 22.3 Å². The molecule has 0 radical (unpaired) electrons. The predicted octanol–water partition coefficient (Wildman–Crippen LogP) is 8.42. The molecule has 2 aromatic heterocycles. The highest BCUT2D eigenvalue weighted by molar-refractivity contribution is 6.96. The first-order valence-corrected chi connectivity index (χ1v) is 18.0. The van der Waals surface area contributed by atoms with Crippen LogP contribution >= 0.6 is 0 Å². The number of hydrogen-bond acceptors (Lipinski definition) is 1. The van der Waals surface area contributed by atoms with Gasteiger partial charge in [0, 0.05) is 71.8 Å². The molecule has 0 atom stereocenters. The molecule has 0 saturated heterocycles.